The molecule has 3 heteroatoms. The molecule has 0 saturated heterocycles. The monoisotopic (exact) mass is 329 g/mol. The predicted molar refractivity (Wildman–Crippen MR) is 84.0 cm³/mol. The highest BCUT2D eigenvalue weighted by atomic mass is 79.9. The molecule has 0 aromatic carbocycles. The minimum absolute atomic E-state index is 0.220. The third-order valence-electron chi connectivity index (χ3n) is 4.26. The molecule has 0 radical (unpaired) electrons. The second-order valence-corrected chi connectivity index (χ2v) is 8.65. The van der Waals surface area contributed by atoms with E-state index >= 15 is 0 Å². The van der Waals surface area contributed by atoms with Gasteiger partial charge in [-0.05, 0) is 65.1 Å². The van der Waals surface area contributed by atoms with Crippen LogP contribution >= 0.6 is 27.3 Å². The Balaban J connectivity index is 2.25. The first-order valence-electron chi connectivity index (χ1n) is 6.96. The highest BCUT2D eigenvalue weighted by Crippen LogP contribution is 2.52. The number of thiophene rings is 1. The van der Waals surface area contributed by atoms with E-state index in [4.69, 9.17) is 5.73 Å². The average Bonchev–Trinajstić information content (AvgIpc) is 2.86. The maximum Gasteiger partial charge on any atom is 0.0731 e. The molecule has 1 aromatic rings. The lowest BCUT2D eigenvalue weighted by Crippen LogP contribution is -2.33. The summed E-state index contributed by atoms with van der Waals surface area (Å²) in [4.78, 5) is 1.36. The lowest BCUT2D eigenvalue weighted by atomic mass is 9.72. The molecule has 2 N–H and O–H groups in total. The second kappa shape index (κ2) is 5.64. The number of halogens is 1. The average molecular weight is 330 g/mol. The Kier molecular flexibility index (Phi) is 4.56. The Hall–Kier alpha value is 0.140. The van der Waals surface area contributed by atoms with Gasteiger partial charge in [0.15, 0.2) is 0 Å². The minimum atomic E-state index is 0.220. The van der Waals surface area contributed by atoms with Gasteiger partial charge in [-0.15, -0.1) is 11.3 Å². The third-order valence-corrected chi connectivity index (χ3v) is 6.48. The molecule has 1 heterocycles. The van der Waals surface area contributed by atoms with Gasteiger partial charge in [-0.25, -0.2) is 0 Å². The van der Waals surface area contributed by atoms with Crippen molar-refractivity contribution in [2.24, 2.45) is 17.1 Å². The Bertz CT molecular complexity index is 385. The molecule has 1 aliphatic rings. The summed E-state index contributed by atoms with van der Waals surface area (Å²) in [5.41, 5.74) is 8.33. The second-order valence-electron chi connectivity index (χ2n) is 6.25. The molecule has 1 aliphatic carbocycles. The number of nitrogens with two attached hydrogens (primary N) is 1. The summed E-state index contributed by atoms with van der Waals surface area (Å²) in [6.07, 6.45) is 6.59. The van der Waals surface area contributed by atoms with Crippen LogP contribution in [0.15, 0.2) is 9.85 Å². The summed E-state index contributed by atoms with van der Waals surface area (Å²) in [5, 5.41) is 0. The molecule has 1 nitrogen and oxygen atoms in total. The Morgan fingerprint density at radius 3 is 2.44 bits per heavy atom. The highest BCUT2D eigenvalue weighted by Gasteiger charge is 2.41. The maximum absolute atomic E-state index is 6.66. The fraction of sp³-hybridized carbons (Fsp3) is 0.733. The topological polar surface area (TPSA) is 26.0 Å². The van der Waals surface area contributed by atoms with Crippen molar-refractivity contribution in [3.8, 4) is 0 Å². The highest BCUT2D eigenvalue weighted by molar-refractivity contribution is 9.11. The molecular formula is C15H24BrNS. The van der Waals surface area contributed by atoms with Gasteiger partial charge in [0.05, 0.1) is 3.79 Å². The molecular weight excluding hydrogens is 306 g/mol. The lowest BCUT2D eigenvalue weighted by Gasteiger charge is -2.36. The molecule has 0 bridgehead atoms. The maximum atomic E-state index is 6.66. The third kappa shape index (κ3) is 2.83. The van der Waals surface area contributed by atoms with Crippen molar-refractivity contribution in [1.29, 1.82) is 0 Å². The minimum Gasteiger partial charge on any atom is -0.323 e. The zero-order valence-electron chi connectivity index (χ0n) is 11.6. The first kappa shape index (κ1) is 14.5. The molecule has 0 aliphatic heterocycles. The molecule has 2 rings (SSSR count). The van der Waals surface area contributed by atoms with E-state index in [9.17, 15) is 0 Å². The molecule has 1 aromatic heterocycles. The summed E-state index contributed by atoms with van der Waals surface area (Å²) < 4.78 is 1.24. The summed E-state index contributed by atoms with van der Waals surface area (Å²) >= 11 is 5.45. The predicted octanol–water partition coefficient (Wildman–Crippen LogP) is 5.43. The number of hydrogen-bond donors (Lipinski definition) is 1. The summed E-state index contributed by atoms with van der Waals surface area (Å²) in [6.45, 7) is 6.80. The van der Waals surface area contributed by atoms with Gasteiger partial charge in [0.1, 0.15) is 0 Å². The Labute approximate surface area is 123 Å². The van der Waals surface area contributed by atoms with Crippen LogP contribution in [0, 0.1) is 18.3 Å². The fourth-order valence-corrected chi connectivity index (χ4v) is 5.19. The van der Waals surface area contributed by atoms with E-state index in [1.165, 1.54) is 46.3 Å². The van der Waals surface area contributed by atoms with Crippen LogP contribution in [0.5, 0.6) is 0 Å². The van der Waals surface area contributed by atoms with Gasteiger partial charge in [-0.1, -0.05) is 26.7 Å². The lowest BCUT2D eigenvalue weighted by molar-refractivity contribution is 0.185. The summed E-state index contributed by atoms with van der Waals surface area (Å²) in [5.74, 6) is 0.735. The van der Waals surface area contributed by atoms with Crippen LogP contribution in [0.1, 0.15) is 62.4 Å². The zero-order valence-corrected chi connectivity index (χ0v) is 14.0. The Morgan fingerprint density at radius 2 is 2.00 bits per heavy atom. The number of rotatable bonds is 4. The number of aryl methyl sites for hydroxylation is 1. The van der Waals surface area contributed by atoms with Crippen molar-refractivity contribution in [3.63, 3.8) is 0 Å². The van der Waals surface area contributed by atoms with Crippen LogP contribution in [0.4, 0.5) is 0 Å². The van der Waals surface area contributed by atoms with E-state index < -0.39 is 0 Å². The van der Waals surface area contributed by atoms with Crippen LogP contribution in [0.3, 0.4) is 0 Å². The largest absolute Gasteiger partial charge is 0.323 e. The van der Waals surface area contributed by atoms with Crippen molar-refractivity contribution in [2.45, 2.75) is 58.9 Å². The van der Waals surface area contributed by atoms with Gasteiger partial charge in [-0.2, -0.15) is 0 Å². The molecule has 0 amide bonds. The SMILES string of the molecule is Cc1cc(C(N)C2(CC(C)C)CCCC2)sc1Br. The smallest absolute Gasteiger partial charge is 0.0731 e. The molecule has 102 valence electrons. The van der Waals surface area contributed by atoms with E-state index in [1.807, 2.05) is 11.3 Å². The van der Waals surface area contributed by atoms with E-state index in [-0.39, 0.29) is 6.04 Å². The van der Waals surface area contributed by atoms with Crippen molar-refractivity contribution >= 4 is 27.3 Å². The van der Waals surface area contributed by atoms with Gasteiger partial charge in [0.2, 0.25) is 0 Å². The van der Waals surface area contributed by atoms with Gasteiger partial charge in [0, 0.05) is 10.9 Å². The van der Waals surface area contributed by atoms with Crippen molar-refractivity contribution in [1.82, 2.24) is 0 Å². The van der Waals surface area contributed by atoms with Crippen LogP contribution < -0.4 is 5.73 Å². The van der Waals surface area contributed by atoms with Crippen molar-refractivity contribution in [2.75, 3.05) is 0 Å². The van der Waals surface area contributed by atoms with Crippen LogP contribution in [-0.2, 0) is 0 Å². The van der Waals surface area contributed by atoms with E-state index in [1.54, 1.807) is 0 Å². The van der Waals surface area contributed by atoms with Gasteiger partial charge in [0.25, 0.3) is 0 Å². The van der Waals surface area contributed by atoms with Gasteiger partial charge < -0.3 is 5.73 Å². The van der Waals surface area contributed by atoms with E-state index in [0.29, 0.717) is 5.41 Å². The zero-order chi connectivity index (χ0) is 13.3. The fourth-order valence-electron chi connectivity index (χ4n) is 3.47. The normalized spacial score (nSPS) is 20.6. The Morgan fingerprint density at radius 1 is 1.39 bits per heavy atom. The standard InChI is InChI=1S/C15H24BrNS/c1-10(2)9-15(6-4-5-7-15)13(17)12-8-11(3)14(16)18-12/h8,10,13H,4-7,9,17H2,1-3H3. The molecule has 1 saturated carbocycles. The first-order chi connectivity index (χ1) is 8.44. The molecule has 1 atom stereocenters. The number of hydrogen-bond acceptors (Lipinski definition) is 2. The van der Waals surface area contributed by atoms with E-state index in [0.717, 1.165) is 5.92 Å². The van der Waals surface area contributed by atoms with Gasteiger partial charge in [-0.3, -0.25) is 0 Å². The molecule has 1 unspecified atom stereocenters. The van der Waals surface area contributed by atoms with Crippen LogP contribution in [0.2, 0.25) is 0 Å². The van der Waals surface area contributed by atoms with Crippen molar-refractivity contribution in [3.05, 3.63) is 20.3 Å². The molecule has 0 spiro atoms. The van der Waals surface area contributed by atoms with Gasteiger partial charge >= 0.3 is 0 Å². The summed E-state index contributed by atoms with van der Waals surface area (Å²) in [7, 11) is 0. The van der Waals surface area contributed by atoms with Crippen molar-refractivity contribution < 1.29 is 0 Å². The summed E-state index contributed by atoms with van der Waals surface area (Å²) in [6, 6.07) is 2.50. The first-order valence-corrected chi connectivity index (χ1v) is 8.57. The quantitative estimate of drug-likeness (QED) is 0.783. The van der Waals surface area contributed by atoms with Crippen LogP contribution in [0.25, 0.3) is 0 Å². The molecule has 1 fully saturated rings. The molecule has 18 heavy (non-hydrogen) atoms. The van der Waals surface area contributed by atoms with E-state index in [2.05, 4.69) is 42.8 Å². The van der Waals surface area contributed by atoms with Crippen LogP contribution in [-0.4, -0.2) is 0 Å².